The van der Waals surface area contributed by atoms with Gasteiger partial charge in [-0.05, 0) is 70.3 Å². The van der Waals surface area contributed by atoms with Gasteiger partial charge in [-0.25, -0.2) is 17.6 Å². The predicted molar refractivity (Wildman–Crippen MR) is 82.2 cm³/mol. The van der Waals surface area contributed by atoms with Gasteiger partial charge < -0.3 is 0 Å². The third-order valence-corrected chi connectivity index (χ3v) is 3.92. The zero-order valence-electron chi connectivity index (χ0n) is 11.3. The molecule has 0 fully saturated rings. The van der Waals surface area contributed by atoms with Crippen molar-refractivity contribution < 1.29 is 17.6 Å². The molecule has 0 saturated carbocycles. The first-order chi connectivity index (χ1) is 9.92. The maximum Gasteiger partial charge on any atom is 0.172 e. The second-order valence-corrected chi connectivity index (χ2v) is 6.01. The number of hydrogen-bond acceptors (Lipinski definition) is 0. The third kappa shape index (κ3) is 3.75. The Kier molecular flexibility index (Phi) is 5.24. The Labute approximate surface area is 134 Å². The van der Waals surface area contributed by atoms with Crippen LogP contribution >= 0.6 is 22.6 Å². The minimum absolute atomic E-state index is 0.166. The largest absolute Gasteiger partial charge is 0.204 e. The number of hydrogen-bond donors (Lipinski definition) is 0. The van der Waals surface area contributed by atoms with Crippen molar-refractivity contribution in [1.82, 2.24) is 0 Å². The average molecular weight is 408 g/mol. The fraction of sp³-hybridized carbons (Fsp3) is 0.250. The van der Waals surface area contributed by atoms with E-state index >= 15 is 0 Å². The molecule has 112 valence electrons. The Morgan fingerprint density at radius 3 is 2.00 bits per heavy atom. The molecule has 5 heteroatoms. The van der Waals surface area contributed by atoms with Crippen LogP contribution in [0.4, 0.5) is 17.6 Å². The van der Waals surface area contributed by atoms with E-state index in [1.165, 1.54) is 6.07 Å². The molecule has 2 aromatic carbocycles. The van der Waals surface area contributed by atoms with Crippen LogP contribution in [0.1, 0.15) is 30.0 Å². The first kappa shape index (κ1) is 16.3. The minimum Gasteiger partial charge on any atom is -0.204 e. The molecular formula is C16H13F4I. The van der Waals surface area contributed by atoms with Crippen molar-refractivity contribution in [2.24, 2.45) is 0 Å². The monoisotopic (exact) mass is 408 g/mol. The molecule has 0 aliphatic carbocycles. The zero-order chi connectivity index (χ0) is 15.6. The van der Waals surface area contributed by atoms with E-state index in [-0.39, 0.29) is 9.99 Å². The van der Waals surface area contributed by atoms with Gasteiger partial charge in [-0.2, -0.15) is 0 Å². The third-order valence-electron chi connectivity index (χ3n) is 3.13. The van der Waals surface area contributed by atoms with Crippen LogP contribution in [0.15, 0.2) is 24.3 Å². The second-order valence-electron chi connectivity index (χ2n) is 4.85. The minimum atomic E-state index is -0.937. The molecule has 0 heterocycles. The summed E-state index contributed by atoms with van der Waals surface area (Å²) in [7, 11) is 0. The van der Waals surface area contributed by atoms with E-state index in [4.69, 9.17) is 0 Å². The molecule has 2 aromatic rings. The van der Waals surface area contributed by atoms with Crippen LogP contribution in [0.5, 0.6) is 0 Å². The van der Waals surface area contributed by atoms with E-state index in [0.717, 1.165) is 12.1 Å². The molecule has 0 aliphatic heterocycles. The summed E-state index contributed by atoms with van der Waals surface area (Å²) in [6.07, 6.45) is 1.36. The van der Waals surface area contributed by atoms with Crippen LogP contribution in [-0.4, -0.2) is 0 Å². The summed E-state index contributed by atoms with van der Waals surface area (Å²) in [5.74, 6) is -3.57. The molecule has 0 saturated heterocycles. The van der Waals surface area contributed by atoms with Gasteiger partial charge in [-0.15, -0.1) is 0 Å². The van der Waals surface area contributed by atoms with Gasteiger partial charge in [-0.1, -0.05) is 19.4 Å². The maximum absolute atomic E-state index is 13.6. The number of halogens is 5. The number of benzene rings is 2. The molecular weight excluding hydrogens is 395 g/mol. The van der Waals surface area contributed by atoms with Gasteiger partial charge in [0.2, 0.25) is 0 Å². The van der Waals surface area contributed by atoms with Crippen molar-refractivity contribution in [3.63, 3.8) is 0 Å². The molecule has 2 rings (SSSR count). The molecule has 0 nitrogen and oxygen atoms in total. The summed E-state index contributed by atoms with van der Waals surface area (Å²) in [6.45, 7) is 1.88. The lowest BCUT2D eigenvalue weighted by molar-refractivity contribution is 0.496. The lowest BCUT2D eigenvalue weighted by atomic mass is 10.00. The van der Waals surface area contributed by atoms with E-state index in [1.54, 1.807) is 28.7 Å². The molecule has 0 amide bonds. The molecule has 0 atom stereocenters. The molecule has 0 aromatic heterocycles. The van der Waals surface area contributed by atoms with Gasteiger partial charge in [0.25, 0.3) is 0 Å². The van der Waals surface area contributed by atoms with E-state index in [2.05, 4.69) is 0 Å². The summed E-state index contributed by atoms with van der Waals surface area (Å²) in [6, 6.07) is 5.26. The Morgan fingerprint density at radius 2 is 1.43 bits per heavy atom. The molecule has 0 aliphatic rings. The number of aryl methyl sites for hydroxylation is 1. The van der Waals surface area contributed by atoms with Crippen LogP contribution < -0.4 is 0 Å². The highest BCUT2D eigenvalue weighted by Gasteiger charge is 2.13. The number of rotatable bonds is 4. The van der Waals surface area contributed by atoms with E-state index in [9.17, 15) is 17.6 Å². The van der Waals surface area contributed by atoms with Gasteiger partial charge >= 0.3 is 0 Å². The maximum atomic E-state index is 13.6. The molecule has 0 spiro atoms. The van der Waals surface area contributed by atoms with Crippen LogP contribution in [0.25, 0.3) is 0 Å². The Hall–Kier alpha value is -1.11. The first-order valence-electron chi connectivity index (χ1n) is 6.52. The highest BCUT2D eigenvalue weighted by atomic mass is 127. The standard InChI is InChI=1S/C16H13F4I/c1-2-3-11-5-9(6-12(17)15(11)19)4-10-7-13(18)16(20)14(21)8-10/h5-8H,2-4H2,1H3. The fourth-order valence-electron chi connectivity index (χ4n) is 2.21. The van der Waals surface area contributed by atoms with Crippen molar-refractivity contribution in [2.45, 2.75) is 26.2 Å². The van der Waals surface area contributed by atoms with Crippen molar-refractivity contribution in [2.75, 3.05) is 0 Å². The van der Waals surface area contributed by atoms with Gasteiger partial charge in [0.1, 0.15) is 0 Å². The van der Waals surface area contributed by atoms with Crippen molar-refractivity contribution >= 4 is 22.6 Å². The normalized spacial score (nSPS) is 11.0. The van der Waals surface area contributed by atoms with Gasteiger partial charge in [0.15, 0.2) is 23.3 Å². The van der Waals surface area contributed by atoms with E-state index in [0.29, 0.717) is 29.5 Å². The van der Waals surface area contributed by atoms with E-state index in [1.807, 2.05) is 6.92 Å². The fourth-order valence-corrected chi connectivity index (χ4v) is 2.87. The average Bonchev–Trinajstić information content (AvgIpc) is 2.42. The Balaban J connectivity index is 2.35. The highest BCUT2D eigenvalue weighted by Crippen LogP contribution is 2.22. The molecule has 0 radical (unpaired) electrons. The van der Waals surface area contributed by atoms with Crippen LogP contribution in [0, 0.1) is 26.8 Å². The van der Waals surface area contributed by atoms with Gasteiger partial charge in [-0.3, -0.25) is 0 Å². The molecule has 0 bridgehead atoms. The lowest BCUT2D eigenvalue weighted by Crippen LogP contribution is -2.00. The Morgan fingerprint density at radius 1 is 0.857 bits per heavy atom. The van der Waals surface area contributed by atoms with Gasteiger partial charge in [0, 0.05) is 0 Å². The summed E-state index contributed by atoms with van der Waals surface area (Å²) in [5, 5.41) is 0. The molecule has 0 N–H and O–H groups in total. The van der Waals surface area contributed by atoms with Crippen LogP contribution in [0.3, 0.4) is 0 Å². The topological polar surface area (TPSA) is 0 Å². The quantitative estimate of drug-likeness (QED) is 0.362. The van der Waals surface area contributed by atoms with Crippen molar-refractivity contribution in [3.8, 4) is 0 Å². The SMILES string of the molecule is CCCc1cc(Cc2cc(F)c(F)c(I)c2)cc(F)c1F. The summed E-state index contributed by atoms with van der Waals surface area (Å²) in [5.41, 5.74) is 1.37. The predicted octanol–water partition coefficient (Wildman–Crippen LogP) is 5.39. The van der Waals surface area contributed by atoms with E-state index < -0.39 is 23.3 Å². The summed E-state index contributed by atoms with van der Waals surface area (Å²) < 4.78 is 54.0. The summed E-state index contributed by atoms with van der Waals surface area (Å²) in [4.78, 5) is 0. The lowest BCUT2D eigenvalue weighted by Gasteiger charge is -2.09. The van der Waals surface area contributed by atoms with Crippen LogP contribution in [0.2, 0.25) is 0 Å². The van der Waals surface area contributed by atoms with Gasteiger partial charge in [0.05, 0.1) is 3.57 Å². The Bertz CT molecular complexity index is 645. The molecule has 0 unspecified atom stereocenters. The van der Waals surface area contributed by atoms with Crippen molar-refractivity contribution in [1.29, 1.82) is 0 Å². The smallest absolute Gasteiger partial charge is 0.172 e. The zero-order valence-corrected chi connectivity index (χ0v) is 13.5. The van der Waals surface area contributed by atoms with Crippen LogP contribution in [-0.2, 0) is 12.8 Å². The summed E-state index contributed by atoms with van der Waals surface area (Å²) >= 11 is 1.70. The first-order valence-corrected chi connectivity index (χ1v) is 7.60. The van der Waals surface area contributed by atoms with Crippen molar-refractivity contribution in [3.05, 3.63) is 67.8 Å². The molecule has 21 heavy (non-hydrogen) atoms. The highest BCUT2D eigenvalue weighted by molar-refractivity contribution is 14.1. The second kappa shape index (κ2) is 6.77.